The highest BCUT2D eigenvalue weighted by atomic mass is 16.5. The van der Waals surface area contributed by atoms with Crippen molar-refractivity contribution in [2.45, 2.75) is 39.0 Å². The molecule has 1 N–H and O–H groups in total. The summed E-state index contributed by atoms with van der Waals surface area (Å²) < 4.78 is 5.48. The smallest absolute Gasteiger partial charge is 0.258 e. The van der Waals surface area contributed by atoms with Crippen molar-refractivity contribution in [1.29, 1.82) is 0 Å². The molecule has 2 rings (SSSR count). The lowest BCUT2D eigenvalue weighted by molar-refractivity contribution is -0.122. The number of aryl methyl sites for hydroxylation is 1. The number of hydrogen-bond donors (Lipinski definition) is 1. The first kappa shape index (κ1) is 14.6. The number of amides is 1. The van der Waals surface area contributed by atoms with Crippen molar-refractivity contribution in [2.24, 2.45) is 0 Å². The molecular formula is C17H23NO2. The Morgan fingerprint density at radius 1 is 1.25 bits per heavy atom. The molecule has 3 heteroatoms. The van der Waals surface area contributed by atoms with Gasteiger partial charge in [-0.2, -0.15) is 0 Å². The summed E-state index contributed by atoms with van der Waals surface area (Å²) in [5.74, 6) is 0.685. The summed E-state index contributed by atoms with van der Waals surface area (Å²) in [7, 11) is 0. The molecule has 0 unspecified atom stereocenters. The van der Waals surface area contributed by atoms with Crippen LogP contribution in [-0.2, 0) is 11.2 Å². The largest absolute Gasteiger partial charge is 0.484 e. The fourth-order valence-corrected chi connectivity index (χ4v) is 2.30. The number of carbonyl (C=O) groups is 1. The molecule has 1 aromatic carbocycles. The van der Waals surface area contributed by atoms with Crippen LogP contribution < -0.4 is 10.1 Å². The van der Waals surface area contributed by atoms with E-state index in [1.165, 1.54) is 24.0 Å². The van der Waals surface area contributed by atoms with Crippen molar-refractivity contribution in [3.8, 4) is 5.75 Å². The van der Waals surface area contributed by atoms with E-state index in [0.717, 1.165) is 25.0 Å². The summed E-state index contributed by atoms with van der Waals surface area (Å²) in [4.78, 5) is 11.7. The first-order valence-electron chi connectivity index (χ1n) is 7.44. The van der Waals surface area contributed by atoms with E-state index in [2.05, 4.69) is 18.3 Å². The predicted molar refractivity (Wildman–Crippen MR) is 80.9 cm³/mol. The van der Waals surface area contributed by atoms with Crippen molar-refractivity contribution in [2.75, 3.05) is 13.2 Å². The molecule has 0 atom stereocenters. The Morgan fingerprint density at radius 2 is 2.05 bits per heavy atom. The zero-order valence-electron chi connectivity index (χ0n) is 12.2. The van der Waals surface area contributed by atoms with Gasteiger partial charge in [0, 0.05) is 6.54 Å². The van der Waals surface area contributed by atoms with Gasteiger partial charge in [0.25, 0.3) is 5.91 Å². The highest BCUT2D eigenvalue weighted by Crippen LogP contribution is 2.16. The lowest BCUT2D eigenvalue weighted by atomic mass is 10.00. The van der Waals surface area contributed by atoms with E-state index in [9.17, 15) is 4.79 Å². The van der Waals surface area contributed by atoms with Crippen molar-refractivity contribution >= 4 is 5.91 Å². The molecule has 0 saturated carbocycles. The highest BCUT2D eigenvalue weighted by molar-refractivity contribution is 5.77. The van der Waals surface area contributed by atoms with Crippen molar-refractivity contribution in [1.82, 2.24) is 5.32 Å². The van der Waals surface area contributed by atoms with Crippen LogP contribution in [0, 0.1) is 0 Å². The van der Waals surface area contributed by atoms with Crippen molar-refractivity contribution < 1.29 is 9.53 Å². The van der Waals surface area contributed by atoms with E-state index in [4.69, 9.17) is 4.74 Å². The summed E-state index contributed by atoms with van der Waals surface area (Å²) in [5, 5.41) is 2.91. The van der Waals surface area contributed by atoms with Crippen LogP contribution >= 0.6 is 0 Å². The number of ether oxygens (including phenoxy) is 1. The molecule has 0 bridgehead atoms. The van der Waals surface area contributed by atoms with E-state index >= 15 is 0 Å². The van der Waals surface area contributed by atoms with Crippen LogP contribution in [0.3, 0.4) is 0 Å². The van der Waals surface area contributed by atoms with E-state index in [0.29, 0.717) is 6.54 Å². The number of nitrogens with one attached hydrogen (secondary N) is 1. The Hall–Kier alpha value is -1.77. The number of carbonyl (C=O) groups excluding carboxylic acids is 1. The van der Waals surface area contributed by atoms with Gasteiger partial charge in [-0.25, -0.2) is 0 Å². The number of allylic oxidation sites excluding steroid dienone is 1. The quantitative estimate of drug-likeness (QED) is 0.808. The molecule has 1 aromatic rings. The Kier molecular flexibility index (Phi) is 5.66. The van der Waals surface area contributed by atoms with Gasteiger partial charge in [0.2, 0.25) is 0 Å². The van der Waals surface area contributed by atoms with Crippen LogP contribution in [0.2, 0.25) is 0 Å². The zero-order chi connectivity index (χ0) is 14.2. The molecule has 108 valence electrons. The van der Waals surface area contributed by atoms with Gasteiger partial charge >= 0.3 is 0 Å². The molecule has 0 spiro atoms. The summed E-state index contributed by atoms with van der Waals surface area (Å²) in [6, 6.07) is 7.88. The standard InChI is InChI=1S/C17H23NO2/c1-2-14-8-10-16(11-9-14)20-13-17(19)18-12-15-6-4-3-5-7-15/h6,8-11H,2-5,7,12-13H2,1H3,(H,18,19). The predicted octanol–water partition coefficient (Wildman–Crippen LogP) is 3.24. The molecule has 1 aliphatic rings. The first-order valence-corrected chi connectivity index (χ1v) is 7.44. The van der Waals surface area contributed by atoms with Crippen LogP contribution in [0.25, 0.3) is 0 Å². The Morgan fingerprint density at radius 3 is 2.70 bits per heavy atom. The molecule has 0 aliphatic heterocycles. The second-order valence-electron chi connectivity index (χ2n) is 5.17. The van der Waals surface area contributed by atoms with Crippen LogP contribution in [0.15, 0.2) is 35.9 Å². The molecule has 20 heavy (non-hydrogen) atoms. The minimum atomic E-state index is -0.0592. The molecule has 0 radical (unpaired) electrons. The highest BCUT2D eigenvalue weighted by Gasteiger charge is 2.06. The molecule has 1 aliphatic carbocycles. The molecule has 0 aromatic heterocycles. The fraction of sp³-hybridized carbons (Fsp3) is 0.471. The molecule has 0 saturated heterocycles. The molecule has 1 amide bonds. The van der Waals surface area contributed by atoms with Gasteiger partial charge in [-0.1, -0.05) is 30.7 Å². The topological polar surface area (TPSA) is 38.3 Å². The number of rotatable bonds is 6. The SMILES string of the molecule is CCc1ccc(OCC(=O)NCC2=CCCCC2)cc1. The van der Waals surface area contributed by atoms with E-state index < -0.39 is 0 Å². The fourth-order valence-electron chi connectivity index (χ4n) is 2.30. The first-order chi connectivity index (χ1) is 9.78. The van der Waals surface area contributed by atoms with Gasteiger partial charge in [-0.3, -0.25) is 4.79 Å². The second kappa shape index (κ2) is 7.73. The Labute approximate surface area is 121 Å². The van der Waals surface area contributed by atoms with Crippen LogP contribution in [0.5, 0.6) is 5.75 Å². The van der Waals surface area contributed by atoms with Crippen molar-refractivity contribution in [3.05, 3.63) is 41.5 Å². The molecular weight excluding hydrogens is 250 g/mol. The maximum Gasteiger partial charge on any atom is 0.258 e. The van der Waals surface area contributed by atoms with Gasteiger partial charge in [0.1, 0.15) is 5.75 Å². The Balaban J connectivity index is 1.70. The number of benzene rings is 1. The van der Waals surface area contributed by atoms with Gasteiger partial charge in [0.05, 0.1) is 0 Å². The normalized spacial score (nSPS) is 14.6. The van der Waals surface area contributed by atoms with E-state index in [1.54, 1.807) is 0 Å². The summed E-state index contributed by atoms with van der Waals surface area (Å²) >= 11 is 0. The lowest BCUT2D eigenvalue weighted by Gasteiger charge is -2.13. The minimum Gasteiger partial charge on any atom is -0.484 e. The third-order valence-corrected chi connectivity index (χ3v) is 3.60. The maximum absolute atomic E-state index is 11.7. The summed E-state index contributed by atoms with van der Waals surface area (Å²) in [6.45, 7) is 2.86. The molecule has 0 heterocycles. The Bertz CT molecular complexity index is 462. The zero-order valence-corrected chi connectivity index (χ0v) is 12.2. The minimum absolute atomic E-state index is 0.0592. The lowest BCUT2D eigenvalue weighted by Crippen LogP contribution is -2.30. The van der Waals surface area contributed by atoms with E-state index in [-0.39, 0.29) is 12.5 Å². The second-order valence-corrected chi connectivity index (χ2v) is 5.17. The van der Waals surface area contributed by atoms with Gasteiger partial charge in [-0.15, -0.1) is 0 Å². The third-order valence-electron chi connectivity index (χ3n) is 3.60. The van der Waals surface area contributed by atoms with Crippen LogP contribution in [-0.4, -0.2) is 19.1 Å². The molecule has 3 nitrogen and oxygen atoms in total. The summed E-state index contributed by atoms with van der Waals surface area (Å²) in [6.07, 6.45) is 8.02. The van der Waals surface area contributed by atoms with Crippen LogP contribution in [0.4, 0.5) is 0 Å². The van der Waals surface area contributed by atoms with Gasteiger partial charge < -0.3 is 10.1 Å². The maximum atomic E-state index is 11.7. The van der Waals surface area contributed by atoms with Crippen LogP contribution in [0.1, 0.15) is 38.2 Å². The average molecular weight is 273 g/mol. The van der Waals surface area contributed by atoms with Crippen molar-refractivity contribution in [3.63, 3.8) is 0 Å². The number of hydrogen-bond acceptors (Lipinski definition) is 2. The molecule has 0 fully saturated rings. The average Bonchev–Trinajstić information content (AvgIpc) is 2.52. The van der Waals surface area contributed by atoms with Gasteiger partial charge in [-0.05, 0) is 49.8 Å². The summed E-state index contributed by atoms with van der Waals surface area (Å²) in [5.41, 5.74) is 2.61. The third kappa shape index (κ3) is 4.72. The van der Waals surface area contributed by atoms with E-state index in [1.807, 2.05) is 24.3 Å². The van der Waals surface area contributed by atoms with Gasteiger partial charge in [0.15, 0.2) is 6.61 Å². The monoisotopic (exact) mass is 273 g/mol.